The molecule has 2 N–H and O–H groups in total. The second kappa shape index (κ2) is 7.28. The molecule has 0 spiro atoms. The van der Waals surface area contributed by atoms with Gasteiger partial charge in [0.15, 0.2) is 0 Å². The zero-order chi connectivity index (χ0) is 17.9. The number of likely N-dealkylation sites (N-methyl/N-ethyl adjacent to an activating group) is 1. The van der Waals surface area contributed by atoms with Gasteiger partial charge in [0.2, 0.25) is 5.91 Å². The van der Waals surface area contributed by atoms with E-state index in [1.807, 2.05) is 37.4 Å². The van der Waals surface area contributed by atoms with Crippen LogP contribution in [-0.2, 0) is 11.3 Å². The Balaban J connectivity index is 1.47. The summed E-state index contributed by atoms with van der Waals surface area (Å²) in [5.74, 6) is 0.115. The van der Waals surface area contributed by atoms with Crippen LogP contribution in [0.1, 0.15) is 23.6 Å². The highest BCUT2D eigenvalue weighted by molar-refractivity contribution is 5.86. The van der Waals surface area contributed by atoms with Crippen LogP contribution in [-0.4, -0.2) is 23.9 Å². The summed E-state index contributed by atoms with van der Waals surface area (Å²) in [7, 11) is 1.86. The standard InChI is InChI=1S/C22H23N3O/c1-25(15-16-8-3-2-4-9-16)22(26)21-14-20(23-24-21)19-13-7-11-17-10-5-6-12-18(17)19/h2-13,20-21,23-24H,14-15H2,1H3. The van der Waals surface area contributed by atoms with Gasteiger partial charge in [0.1, 0.15) is 6.04 Å². The minimum absolute atomic E-state index is 0.115. The summed E-state index contributed by atoms with van der Waals surface area (Å²) < 4.78 is 0. The van der Waals surface area contributed by atoms with Crippen LogP contribution >= 0.6 is 0 Å². The highest BCUT2D eigenvalue weighted by Crippen LogP contribution is 2.29. The highest BCUT2D eigenvalue weighted by Gasteiger charge is 2.32. The maximum Gasteiger partial charge on any atom is 0.241 e. The zero-order valence-corrected chi connectivity index (χ0v) is 14.9. The van der Waals surface area contributed by atoms with Crippen molar-refractivity contribution in [3.8, 4) is 0 Å². The fourth-order valence-electron chi connectivity index (χ4n) is 3.68. The van der Waals surface area contributed by atoms with Gasteiger partial charge < -0.3 is 4.90 Å². The van der Waals surface area contributed by atoms with Gasteiger partial charge in [-0.2, -0.15) is 0 Å². The van der Waals surface area contributed by atoms with Gasteiger partial charge >= 0.3 is 0 Å². The maximum absolute atomic E-state index is 12.8. The molecular formula is C22H23N3O. The maximum atomic E-state index is 12.8. The summed E-state index contributed by atoms with van der Waals surface area (Å²) in [6, 6.07) is 24.7. The van der Waals surface area contributed by atoms with Crippen LogP contribution < -0.4 is 10.9 Å². The van der Waals surface area contributed by atoms with E-state index < -0.39 is 0 Å². The number of carbonyl (C=O) groups is 1. The molecule has 26 heavy (non-hydrogen) atoms. The van der Waals surface area contributed by atoms with Crippen molar-refractivity contribution < 1.29 is 4.79 Å². The Morgan fingerprint density at radius 3 is 2.54 bits per heavy atom. The lowest BCUT2D eigenvalue weighted by molar-refractivity contribution is -0.132. The Hall–Kier alpha value is -2.69. The molecule has 1 aliphatic heterocycles. The van der Waals surface area contributed by atoms with Gasteiger partial charge in [-0.05, 0) is 28.3 Å². The largest absolute Gasteiger partial charge is 0.340 e. The molecule has 1 amide bonds. The van der Waals surface area contributed by atoms with Crippen LogP contribution in [0, 0.1) is 0 Å². The smallest absolute Gasteiger partial charge is 0.241 e. The van der Waals surface area contributed by atoms with Crippen molar-refractivity contribution in [2.24, 2.45) is 0 Å². The Kier molecular flexibility index (Phi) is 4.69. The molecule has 0 bridgehead atoms. The molecule has 132 valence electrons. The van der Waals surface area contributed by atoms with Crippen LogP contribution in [0.25, 0.3) is 10.8 Å². The Labute approximate surface area is 153 Å². The lowest BCUT2D eigenvalue weighted by atomic mass is 9.96. The average Bonchev–Trinajstić information content (AvgIpc) is 3.17. The van der Waals surface area contributed by atoms with Crippen LogP contribution in [0.5, 0.6) is 0 Å². The number of fused-ring (bicyclic) bond motifs is 1. The third-order valence-corrected chi connectivity index (χ3v) is 5.04. The molecule has 4 heteroatoms. The molecule has 0 radical (unpaired) electrons. The van der Waals surface area contributed by atoms with Crippen molar-refractivity contribution >= 4 is 16.7 Å². The number of carbonyl (C=O) groups excluding carboxylic acids is 1. The third-order valence-electron chi connectivity index (χ3n) is 5.04. The van der Waals surface area contributed by atoms with Crippen LogP contribution in [0.3, 0.4) is 0 Å². The predicted octanol–water partition coefficient (Wildman–Crippen LogP) is 3.41. The molecular weight excluding hydrogens is 322 g/mol. The first-order valence-corrected chi connectivity index (χ1v) is 9.00. The zero-order valence-electron chi connectivity index (χ0n) is 14.9. The molecule has 4 rings (SSSR count). The van der Waals surface area contributed by atoms with Crippen molar-refractivity contribution in [1.29, 1.82) is 0 Å². The second-order valence-corrected chi connectivity index (χ2v) is 6.88. The predicted molar refractivity (Wildman–Crippen MR) is 104 cm³/mol. The molecule has 0 aliphatic carbocycles. The van der Waals surface area contributed by atoms with Crippen molar-refractivity contribution in [2.45, 2.75) is 25.0 Å². The lowest BCUT2D eigenvalue weighted by Gasteiger charge is -2.21. The number of hydrazine groups is 1. The fourth-order valence-corrected chi connectivity index (χ4v) is 3.68. The molecule has 2 unspecified atom stereocenters. The van der Waals surface area contributed by atoms with Crippen molar-refractivity contribution in [3.63, 3.8) is 0 Å². The molecule has 1 fully saturated rings. The first kappa shape index (κ1) is 16.8. The Morgan fingerprint density at radius 2 is 1.69 bits per heavy atom. The van der Waals surface area contributed by atoms with Crippen LogP contribution in [0.4, 0.5) is 0 Å². The number of amides is 1. The van der Waals surface area contributed by atoms with Crippen molar-refractivity contribution in [2.75, 3.05) is 7.05 Å². The molecule has 1 saturated heterocycles. The molecule has 1 aliphatic rings. The van der Waals surface area contributed by atoms with Gasteiger partial charge in [-0.25, -0.2) is 10.9 Å². The second-order valence-electron chi connectivity index (χ2n) is 6.88. The summed E-state index contributed by atoms with van der Waals surface area (Å²) in [5.41, 5.74) is 8.88. The van der Waals surface area contributed by atoms with Crippen LogP contribution in [0.2, 0.25) is 0 Å². The van der Waals surface area contributed by atoms with Gasteiger partial charge in [0.05, 0.1) is 0 Å². The number of hydrogen-bond donors (Lipinski definition) is 2. The summed E-state index contributed by atoms with van der Waals surface area (Å²) in [6.07, 6.45) is 0.742. The summed E-state index contributed by atoms with van der Waals surface area (Å²) >= 11 is 0. The van der Waals surface area contributed by atoms with E-state index in [2.05, 4.69) is 53.3 Å². The quantitative estimate of drug-likeness (QED) is 0.762. The molecule has 0 aromatic heterocycles. The first-order valence-electron chi connectivity index (χ1n) is 9.00. The third kappa shape index (κ3) is 3.34. The van der Waals surface area contributed by atoms with E-state index >= 15 is 0 Å². The SMILES string of the molecule is CN(Cc1ccccc1)C(=O)C1CC(c2cccc3ccccc23)NN1. The Bertz CT molecular complexity index is 904. The van der Waals surface area contributed by atoms with Gasteiger partial charge in [-0.15, -0.1) is 0 Å². The van der Waals surface area contributed by atoms with Gasteiger partial charge in [-0.1, -0.05) is 72.8 Å². The van der Waals surface area contributed by atoms with Gasteiger partial charge in [0, 0.05) is 19.6 Å². The molecule has 3 aromatic carbocycles. The minimum Gasteiger partial charge on any atom is -0.340 e. The molecule has 4 nitrogen and oxygen atoms in total. The van der Waals surface area contributed by atoms with Crippen molar-refractivity contribution in [3.05, 3.63) is 83.9 Å². The number of rotatable bonds is 4. The first-order chi connectivity index (χ1) is 12.7. The molecule has 0 saturated carbocycles. The monoisotopic (exact) mass is 345 g/mol. The summed E-state index contributed by atoms with van der Waals surface area (Å²) in [4.78, 5) is 14.6. The normalized spacial score (nSPS) is 19.6. The highest BCUT2D eigenvalue weighted by atomic mass is 16.2. The molecule has 2 atom stereocenters. The van der Waals surface area contributed by atoms with E-state index in [0.29, 0.717) is 6.54 Å². The van der Waals surface area contributed by atoms with E-state index in [9.17, 15) is 4.79 Å². The van der Waals surface area contributed by atoms with E-state index in [4.69, 9.17) is 0 Å². The van der Waals surface area contributed by atoms with Gasteiger partial charge in [-0.3, -0.25) is 4.79 Å². The van der Waals surface area contributed by atoms with E-state index in [1.54, 1.807) is 4.90 Å². The van der Waals surface area contributed by atoms with E-state index in [0.717, 1.165) is 12.0 Å². The molecule has 3 aromatic rings. The fraction of sp³-hybridized carbons (Fsp3) is 0.227. The summed E-state index contributed by atoms with van der Waals surface area (Å²) in [5, 5.41) is 2.46. The number of nitrogens with zero attached hydrogens (tertiary/aromatic N) is 1. The molecule has 1 heterocycles. The average molecular weight is 345 g/mol. The van der Waals surface area contributed by atoms with Crippen LogP contribution in [0.15, 0.2) is 72.8 Å². The van der Waals surface area contributed by atoms with Gasteiger partial charge in [0.25, 0.3) is 0 Å². The number of hydrogen-bond acceptors (Lipinski definition) is 3. The summed E-state index contributed by atoms with van der Waals surface area (Å²) in [6.45, 7) is 0.622. The topological polar surface area (TPSA) is 44.4 Å². The number of benzene rings is 3. The Morgan fingerprint density at radius 1 is 0.962 bits per heavy atom. The van der Waals surface area contributed by atoms with E-state index in [-0.39, 0.29) is 18.0 Å². The van der Waals surface area contributed by atoms with E-state index in [1.165, 1.54) is 16.3 Å². The number of nitrogens with one attached hydrogen (secondary N) is 2. The van der Waals surface area contributed by atoms with Crippen molar-refractivity contribution in [1.82, 2.24) is 15.8 Å². The lowest BCUT2D eigenvalue weighted by Crippen LogP contribution is -2.43. The minimum atomic E-state index is -0.215.